The summed E-state index contributed by atoms with van der Waals surface area (Å²) in [5, 5.41) is 0. The van der Waals surface area contributed by atoms with Gasteiger partial charge in [0.2, 0.25) is 0 Å². The average Bonchev–Trinajstić information content (AvgIpc) is 3.18. The zero-order valence-electron chi connectivity index (χ0n) is 21.7. The van der Waals surface area contributed by atoms with Crippen molar-refractivity contribution in [1.82, 2.24) is 0 Å². The van der Waals surface area contributed by atoms with Crippen LogP contribution in [0.3, 0.4) is 0 Å². The van der Waals surface area contributed by atoms with E-state index in [2.05, 4.69) is 97.1 Å². The number of rotatable bonds is 9. The van der Waals surface area contributed by atoms with Gasteiger partial charge in [0.15, 0.2) is 0 Å². The van der Waals surface area contributed by atoms with Crippen LogP contribution >= 0.6 is 22.7 Å². The molecule has 2 aromatic heterocycles. The van der Waals surface area contributed by atoms with Crippen LogP contribution in [0.25, 0.3) is 9.75 Å². The Balaban J connectivity index is 2.56. The third-order valence-corrected chi connectivity index (χ3v) is 25.3. The van der Waals surface area contributed by atoms with E-state index in [9.17, 15) is 0 Å². The van der Waals surface area contributed by atoms with Crippen molar-refractivity contribution in [2.75, 3.05) is 0 Å². The molecule has 0 aliphatic carbocycles. The third kappa shape index (κ3) is 6.68. The number of hydrogen-bond donors (Lipinski definition) is 0. The molecule has 0 fully saturated rings. The Morgan fingerprint density at radius 1 is 0.800 bits per heavy atom. The van der Waals surface area contributed by atoms with E-state index < -0.39 is 0 Å². The van der Waals surface area contributed by atoms with Crippen molar-refractivity contribution >= 4 is 78.5 Å². The Labute approximate surface area is 224 Å². The Kier molecular flexibility index (Phi) is 9.83. The molecule has 30 heavy (non-hydrogen) atoms. The maximum atomic E-state index is 2.60. The van der Waals surface area contributed by atoms with Crippen molar-refractivity contribution in [3.8, 4) is 9.75 Å². The monoisotopic (exact) mass is 614 g/mol. The van der Waals surface area contributed by atoms with Gasteiger partial charge >= 0.3 is 227 Å². The van der Waals surface area contributed by atoms with Crippen molar-refractivity contribution in [1.29, 1.82) is 0 Å². The van der Waals surface area contributed by atoms with E-state index in [1.165, 1.54) is 12.8 Å². The van der Waals surface area contributed by atoms with Gasteiger partial charge in [0.1, 0.15) is 0 Å². The SMILES string of the molecule is CC(C)c1cc(C[C](C)([GaH2])[CH](C)[GaH2])c(-c2cc(CC(C)(C)[CH](C)[GaH2])c(C(C)C)s2)s1. The molecule has 164 valence electrons. The second kappa shape index (κ2) is 10.7. The first-order chi connectivity index (χ1) is 13.7. The van der Waals surface area contributed by atoms with Gasteiger partial charge in [-0.3, -0.25) is 0 Å². The van der Waals surface area contributed by atoms with Gasteiger partial charge in [-0.2, -0.15) is 0 Å². The Bertz CT molecular complexity index is 839. The van der Waals surface area contributed by atoms with Gasteiger partial charge < -0.3 is 0 Å². The van der Waals surface area contributed by atoms with Crippen LogP contribution in [0.2, 0.25) is 12.9 Å². The van der Waals surface area contributed by atoms with Crippen LogP contribution in [0.5, 0.6) is 0 Å². The predicted octanol–water partition coefficient (Wildman–Crippen LogP) is 6.53. The first-order valence-electron chi connectivity index (χ1n) is 11.9. The third-order valence-electron chi connectivity index (χ3n) is 7.41. The first-order valence-corrected chi connectivity index (χ1v) is 20.5. The van der Waals surface area contributed by atoms with Crippen LogP contribution in [-0.4, -0.2) is 55.8 Å². The molecule has 0 amide bonds. The summed E-state index contributed by atoms with van der Waals surface area (Å²) in [6, 6.07) is 5.17. The molecule has 0 saturated carbocycles. The molecule has 0 aromatic carbocycles. The van der Waals surface area contributed by atoms with E-state index in [0.717, 1.165) is 64.7 Å². The van der Waals surface area contributed by atoms with Gasteiger partial charge in [-0.05, 0) is 0 Å². The normalized spacial score (nSPS) is 16.8. The molecule has 0 saturated heterocycles. The molecule has 0 bridgehead atoms. The molecule has 0 aliphatic rings. The Morgan fingerprint density at radius 2 is 1.40 bits per heavy atom. The molecule has 2 rings (SSSR count). The quantitative estimate of drug-likeness (QED) is 0.281. The minimum absolute atomic E-state index is 0.419. The average molecular weight is 617 g/mol. The zero-order chi connectivity index (χ0) is 23.0. The topological polar surface area (TPSA) is 0 Å². The molecule has 2 aromatic rings. The summed E-state index contributed by atoms with van der Waals surface area (Å²) in [6.07, 6.45) is 2.53. The van der Waals surface area contributed by atoms with E-state index in [1.54, 1.807) is 30.6 Å². The molecule has 5 heteroatoms. The van der Waals surface area contributed by atoms with Crippen LogP contribution in [-0.2, 0) is 12.8 Å². The van der Waals surface area contributed by atoms with E-state index in [0.29, 0.717) is 21.2 Å². The molecule has 0 N–H and O–H groups in total. The molecule has 0 nitrogen and oxygen atoms in total. The van der Waals surface area contributed by atoms with Crippen LogP contribution in [0.4, 0.5) is 0 Å². The molecule has 0 spiro atoms. The number of thiophene rings is 2. The van der Waals surface area contributed by atoms with Gasteiger partial charge in [0.25, 0.3) is 0 Å². The van der Waals surface area contributed by atoms with Crippen molar-refractivity contribution in [2.24, 2.45) is 5.41 Å². The van der Waals surface area contributed by atoms with Crippen molar-refractivity contribution in [3.05, 3.63) is 33.0 Å². The maximum absolute atomic E-state index is 2.60. The van der Waals surface area contributed by atoms with Crippen LogP contribution < -0.4 is 0 Å². The van der Waals surface area contributed by atoms with Crippen LogP contribution in [0, 0.1) is 5.41 Å². The molecule has 3 atom stereocenters. The molecule has 0 radical (unpaired) electrons. The summed E-state index contributed by atoms with van der Waals surface area (Å²) in [4.78, 5) is 6.36. The summed E-state index contributed by atoms with van der Waals surface area (Å²) < 4.78 is 2.41. The predicted molar refractivity (Wildman–Crippen MR) is 150 cm³/mol. The van der Waals surface area contributed by atoms with Crippen molar-refractivity contribution in [3.63, 3.8) is 0 Å². The molecule has 3 unspecified atom stereocenters. The van der Waals surface area contributed by atoms with Crippen LogP contribution in [0.15, 0.2) is 12.1 Å². The summed E-state index contributed by atoms with van der Waals surface area (Å²) in [5.41, 5.74) is 3.70. The zero-order valence-corrected chi connectivity index (χ0v) is 35.9. The summed E-state index contributed by atoms with van der Waals surface area (Å²) >= 11 is 6.87. The molecular weight excluding hydrogens is 574 g/mol. The van der Waals surface area contributed by atoms with Gasteiger partial charge in [-0.25, -0.2) is 0 Å². The second-order valence-corrected chi connectivity index (χ2v) is 26.2. The minimum atomic E-state index is 0.419. The molecule has 2 heterocycles. The van der Waals surface area contributed by atoms with Crippen molar-refractivity contribution < 1.29 is 0 Å². The van der Waals surface area contributed by atoms with Crippen LogP contribution in [0.1, 0.15) is 95.0 Å². The fraction of sp³-hybridized carbons (Fsp3) is 0.680. The van der Waals surface area contributed by atoms with Gasteiger partial charge in [-0.15, -0.1) is 0 Å². The van der Waals surface area contributed by atoms with Crippen molar-refractivity contribution in [2.45, 2.75) is 99.9 Å². The van der Waals surface area contributed by atoms with E-state index in [1.807, 2.05) is 0 Å². The van der Waals surface area contributed by atoms with Gasteiger partial charge in [0, 0.05) is 0 Å². The standard InChI is InChI=1S/C25H37S2.3Ga.6H/c1-10-18(7)12-19-13-21(16(3)4)26-24(19)22-14-20(15-25(8,9)11-2)23(27-22)17(5)6;;;;;;;;;/h10-11,13-14,16-17H,12,15H2,1-9H3;;;;;;;;;. The summed E-state index contributed by atoms with van der Waals surface area (Å²) in [6.45, 7) is 22.0. The van der Waals surface area contributed by atoms with Gasteiger partial charge in [-0.1, -0.05) is 0 Å². The fourth-order valence-corrected chi connectivity index (χ4v) is 7.81. The Hall–Kier alpha value is 1.31. The van der Waals surface area contributed by atoms with E-state index in [4.69, 9.17) is 0 Å². The number of hydrogen-bond acceptors (Lipinski definition) is 2. The molecule has 0 aliphatic heterocycles. The van der Waals surface area contributed by atoms with Gasteiger partial charge in [0.05, 0.1) is 0 Å². The van der Waals surface area contributed by atoms with E-state index in [-0.39, 0.29) is 0 Å². The summed E-state index contributed by atoms with van der Waals surface area (Å²) in [5.74, 6) is 1.24. The second-order valence-electron chi connectivity index (χ2n) is 12.0. The fourth-order valence-electron chi connectivity index (χ4n) is 3.65. The first kappa shape index (κ1) is 27.6. The Morgan fingerprint density at radius 3 is 1.87 bits per heavy atom. The summed E-state index contributed by atoms with van der Waals surface area (Å²) in [7, 11) is 0. The molecular formula is C25H43Ga3S2. The van der Waals surface area contributed by atoms with E-state index >= 15 is 0 Å².